The Morgan fingerprint density at radius 2 is 1.76 bits per heavy atom. The lowest BCUT2D eigenvalue weighted by Gasteiger charge is -2.34. The SMILES string of the molecule is COCC(=O)N1CCN(C(=O)c2ccc(COC)o2)CC1. The molecule has 1 fully saturated rings. The van der Waals surface area contributed by atoms with Gasteiger partial charge in [-0.15, -0.1) is 0 Å². The van der Waals surface area contributed by atoms with E-state index in [4.69, 9.17) is 13.9 Å². The summed E-state index contributed by atoms with van der Waals surface area (Å²) < 4.78 is 15.2. The summed E-state index contributed by atoms with van der Waals surface area (Å²) in [6.45, 7) is 2.43. The molecule has 0 bridgehead atoms. The van der Waals surface area contributed by atoms with Crippen LogP contribution >= 0.6 is 0 Å². The molecule has 1 saturated heterocycles. The second kappa shape index (κ2) is 7.24. The van der Waals surface area contributed by atoms with Crippen LogP contribution in [-0.4, -0.2) is 68.6 Å². The van der Waals surface area contributed by atoms with Gasteiger partial charge in [-0.25, -0.2) is 0 Å². The molecule has 0 atom stereocenters. The highest BCUT2D eigenvalue weighted by Gasteiger charge is 2.26. The van der Waals surface area contributed by atoms with Crippen molar-refractivity contribution in [3.8, 4) is 0 Å². The van der Waals surface area contributed by atoms with Crippen LogP contribution < -0.4 is 0 Å². The Labute approximate surface area is 123 Å². The van der Waals surface area contributed by atoms with Crippen LogP contribution in [0.3, 0.4) is 0 Å². The molecule has 2 amide bonds. The van der Waals surface area contributed by atoms with E-state index in [1.54, 1.807) is 29.0 Å². The lowest BCUT2D eigenvalue weighted by molar-refractivity contribution is -0.136. The minimum atomic E-state index is -0.156. The Hall–Kier alpha value is -1.86. The zero-order chi connectivity index (χ0) is 15.2. The number of hydrogen-bond acceptors (Lipinski definition) is 5. The summed E-state index contributed by atoms with van der Waals surface area (Å²) in [6.07, 6.45) is 0. The van der Waals surface area contributed by atoms with E-state index in [-0.39, 0.29) is 18.4 Å². The molecule has 0 aliphatic carbocycles. The lowest BCUT2D eigenvalue weighted by Crippen LogP contribution is -2.51. The van der Waals surface area contributed by atoms with Crippen molar-refractivity contribution in [2.45, 2.75) is 6.61 Å². The zero-order valence-corrected chi connectivity index (χ0v) is 12.3. The van der Waals surface area contributed by atoms with Gasteiger partial charge in [0, 0.05) is 40.4 Å². The largest absolute Gasteiger partial charge is 0.453 e. The fourth-order valence-electron chi connectivity index (χ4n) is 2.24. The normalized spacial score (nSPS) is 15.3. The molecule has 0 saturated carbocycles. The van der Waals surface area contributed by atoms with Gasteiger partial charge < -0.3 is 23.7 Å². The van der Waals surface area contributed by atoms with Crippen molar-refractivity contribution >= 4 is 11.8 Å². The third kappa shape index (κ3) is 3.83. The summed E-state index contributed by atoms with van der Waals surface area (Å²) in [6, 6.07) is 3.38. The monoisotopic (exact) mass is 296 g/mol. The van der Waals surface area contributed by atoms with Gasteiger partial charge in [-0.1, -0.05) is 0 Å². The fourth-order valence-corrected chi connectivity index (χ4v) is 2.24. The highest BCUT2D eigenvalue weighted by molar-refractivity contribution is 5.91. The van der Waals surface area contributed by atoms with Crippen molar-refractivity contribution in [3.63, 3.8) is 0 Å². The Morgan fingerprint density at radius 1 is 1.10 bits per heavy atom. The van der Waals surface area contributed by atoms with Crippen molar-refractivity contribution in [2.24, 2.45) is 0 Å². The fraction of sp³-hybridized carbons (Fsp3) is 0.571. The first kappa shape index (κ1) is 15.5. The van der Waals surface area contributed by atoms with Crippen LogP contribution in [0.25, 0.3) is 0 Å². The number of carbonyl (C=O) groups is 2. The Bertz CT molecular complexity index is 491. The van der Waals surface area contributed by atoms with Crippen molar-refractivity contribution in [3.05, 3.63) is 23.7 Å². The maximum Gasteiger partial charge on any atom is 0.289 e. The van der Waals surface area contributed by atoms with Crippen molar-refractivity contribution in [1.29, 1.82) is 0 Å². The Morgan fingerprint density at radius 3 is 2.38 bits per heavy atom. The van der Waals surface area contributed by atoms with Crippen molar-refractivity contribution in [1.82, 2.24) is 9.80 Å². The topological polar surface area (TPSA) is 72.2 Å². The molecule has 7 heteroatoms. The summed E-state index contributed by atoms with van der Waals surface area (Å²) in [5.74, 6) is 0.717. The number of hydrogen-bond donors (Lipinski definition) is 0. The number of methoxy groups -OCH3 is 2. The molecule has 0 unspecified atom stereocenters. The summed E-state index contributed by atoms with van der Waals surface area (Å²) in [7, 11) is 3.06. The summed E-state index contributed by atoms with van der Waals surface area (Å²) in [5, 5.41) is 0. The van der Waals surface area contributed by atoms with E-state index in [1.807, 2.05) is 0 Å². The number of rotatable bonds is 5. The number of ether oxygens (including phenoxy) is 2. The van der Waals surface area contributed by atoms with Crippen molar-refractivity contribution in [2.75, 3.05) is 47.0 Å². The second-order valence-corrected chi connectivity index (χ2v) is 4.80. The van der Waals surface area contributed by atoms with Gasteiger partial charge in [-0.2, -0.15) is 0 Å². The third-order valence-corrected chi connectivity index (χ3v) is 3.35. The van der Waals surface area contributed by atoms with E-state index in [9.17, 15) is 9.59 Å². The summed E-state index contributed by atoms with van der Waals surface area (Å²) in [5.41, 5.74) is 0. The molecule has 1 aliphatic rings. The molecule has 0 aromatic carbocycles. The van der Waals surface area contributed by atoms with Gasteiger partial charge in [0.25, 0.3) is 5.91 Å². The molecular formula is C14H20N2O5. The number of piperazine rings is 1. The number of amides is 2. The predicted octanol–water partition coefficient (Wildman–Crippen LogP) is 0.357. The molecule has 0 radical (unpaired) electrons. The molecule has 1 aromatic rings. The maximum absolute atomic E-state index is 12.3. The minimum absolute atomic E-state index is 0.0509. The first-order chi connectivity index (χ1) is 10.2. The smallest absolute Gasteiger partial charge is 0.289 e. The number of nitrogens with zero attached hydrogens (tertiary/aromatic N) is 2. The quantitative estimate of drug-likeness (QED) is 0.784. The van der Waals surface area contributed by atoms with Gasteiger partial charge in [0.05, 0.1) is 0 Å². The number of furan rings is 1. The van der Waals surface area contributed by atoms with Crippen LogP contribution in [0.4, 0.5) is 0 Å². The maximum atomic E-state index is 12.3. The molecular weight excluding hydrogens is 276 g/mol. The van der Waals surface area contributed by atoms with Gasteiger partial charge in [-0.05, 0) is 12.1 Å². The van der Waals surface area contributed by atoms with Crippen LogP contribution in [0.2, 0.25) is 0 Å². The average Bonchev–Trinajstić information content (AvgIpc) is 2.96. The van der Waals surface area contributed by atoms with E-state index in [0.717, 1.165) is 0 Å². The summed E-state index contributed by atoms with van der Waals surface area (Å²) in [4.78, 5) is 27.4. The van der Waals surface area contributed by atoms with Crippen LogP contribution in [-0.2, 0) is 20.9 Å². The predicted molar refractivity (Wildman–Crippen MR) is 73.8 cm³/mol. The van der Waals surface area contributed by atoms with Crippen LogP contribution in [0.1, 0.15) is 16.3 Å². The van der Waals surface area contributed by atoms with Gasteiger partial charge in [0.2, 0.25) is 5.91 Å². The van der Waals surface area contributed by atoms with Crippen LogP contribution in [0, 0.1) is 0 Å². The van der Waals surface area contributed by atoms with Crippen LogP contribution in [0.15, 0.2) is 16.5 Å². The Kier molecular flexibility index (Phi) is 5.35. The van der Waals surface area contributed by atoms with E-state index in [1.165, 1.54) is 7.11 Å². The highest BCUT2D eigenvalue weighted by atomic mass is 16.5. The average molecular weight is 296 g/mol. The van der Waals surface area contributed by atoms with E-state index in [2.05, 4.69) is 0 Å². The minimum Gasteiger partial charge on any atom is -0.453 e. The van der Waals surface area contributed by atoms with Gasteiger partial charge in [0.1, 0.15) is 19.0 Å². The molecule has 21 heavy (non-hydrogen) atoms. The molecule has 7 nitrogen and oxygen atoms in total. The van der Waals surface area contributed by atoms with Crippen LogP contribution in [0.5, 0.6) is 0 Å². The molecule has 1 aromatic heterocycles. The lowest BCUT2D eigenvalue weighted by atomic mass is 10.3. The van der Waals surface area contributed by atoms with E-state index in [0.29, 0.717) is 44.3 Å². The second-order valence-electron chi connectivity index (χ2n) is 4.80. The summed E-state index contributed by atoms with van der Waals surface area (Å²) >= 11 is 0. The first-order valence-electron chi connectivity index (χ1n) is 6.79. The highest BCUT2D eigenvalue weighted by Crippen LogP contribution is 2.13. The molecule has 1 aliphatic heterocycles. The first-order valence-corrected chi connectivity index (χ1v) is 6.79. The molecule has 0 N–H and O–H groups in total. The zero-order valence-electron chi connectivity index (χ0n) is 12.3. The van der Waals surface area contributed by atoms with Gasteiger partial charge in [-0.3, -0.25) is 9.59 Å². The molecule has 116 valence electrons. The van der Waals surface area contributed by atoms with Gasteiger partial charge >= 0.3 is 0 Å². The molecule has 2 rings (SSSR count). The third-order valence-electron chi connectivity index (χ3n) is 3.35. The standard InChI is InChI=1S/C14H20N2O5/c1-19-9-11-3-4-12(21-11)14(18)16-7-5-15(6-8-16)13(17)10-20-2/h3-4H,5-10H2,1-2H3. The van der Waals surface area contributed by atoms with E-state index < -0.39 is 0 Å². The van der Waals surface area contributed by atoms with E-state index >= 15 is 0 Å². The molecule has 0 spiro atoms. The molecule has 2 heterocycles. The van der Waals surface area contributed by atoms with Gasteiger partial charge in [0.15, 0.2) is 5.76 Å². The Balaban J connectivity index is 1.89. The number of carbonyl (C=O) groups excluding carboxylic acids is 2. The van der Waals surface area contributed by atoms with Crippen molar-refractivity contribution < 1.29 is 23.5 Å².